The fraction of sp³-hybridized carbons (Fsp3) is 0.300. The maximum absolute atomic E-state index is 12.3. The zero-order chi connectivity index (χ0) is 19.6. The van der Waals surface area contributed by atoms with Crippen LogP contribution in [-0.4, -0.2) is 28.7 Å². The molecule has 0 aromatic heterocycles. The highest BCUT2D eigenvalue weighted by atomic mass is 35.5. The molecule has 0 unspecified atom stereocenters. The molecule has 0 aliphatic rings. The Hall–Kier alpha value is -2.41. The highest BCUT2D eigenvalue weighted by molar-refractivity contribution is 6.30. The lowest BCUT2D eigenvalue weighted by atomic mass is 9.97. The fourth-order valence-electron chi connectivity index (χ4n) is 2.72. The van der Waals surface area contributed by atoms with E-state index in [1.54, 1.807) is 29.7 Å². The van der Waals surface area contributed by atoms with Crippen LogP contribution in [0.25, 0.3) is 11.1 Å². The Labute approximate surface area is 163 Å². The number of nitrogens with one attached hydrogen (secondary N) is 2. The van der Waals surface area contributed by atoms with Gasteiger partial charge in [-0.15, -0.1) is 0 Å². The Balaban J connectivity index is 1.91. The number of hydrogen-bond acceptors (Lipinski definition) is 4. The van der Waals surface area contributed by atoms with E-state index in [0.717, 1.165) is 24.0 Å². The third-order valence-electron chi connectivity index (χ3n) is 4.18. The largest absolute Gasteiger partial charge is 0.392 e. The monoisotopic (exact) mass is 390 g/mol. The number of benzene rings is 2. The van der Waals surface area contributed by atoms with E-state index in [1.165, 1.54) is 0 Å². The average molecular weight is 391 g/mol. The van der Waals surface area contributed by atoms with Gasteiger partial charge in [0.2, 0.25) is 5.91 Å². The summed E-state index contributed by atoms with van der Waals surface area (Å²) in [5.41, 5.74) is 4.51. The van der Waals surface area contributed by atoms with Crippen LogP contribution in [0.1, 0.15) is 41.6 Å². The molecular formula is C20H23ClN2O4. The minimum absolute atomic E-state index is 0.175. The molecule has 27 heavy (non-hydrogen) atoms. The average Bonchev–Trinajstić information content (AvgIpc) is 2.70. The van der Waals surface area contributed by atoms with E-state index in [-0.39, 0.29) is 18.9 Å². The summed E-state index contributed by atoms with van der Waals surface area (Å²) in [6, 6.07) is 12.5. The number of carbonyl (C=O) groups excluding carboxylic acids is 2. The lowest BCUT2D eigenvalue weighted by Crippen LogP contribution is -2.24. The van der Waals surface area contributed by atoms with Crippen LogP contribution in [0.3, 0.4) is 0 Å². The zero-order valence-electron chi connectivity index (χ0n) is 14.9. The van der Waals surface area contributed by atoms with E-state index < -0.39 is 5.91 Å². The molecule has 0 aliphatic heterocycles. The molecule has 4 N–H and O–H groups in total. The number of amides is 2. The van der Waals surface area contributed by atoms with Crippen LogP contribution in [0.4, 0.5) is 0 Å². The second-order valence-electron chi connectivity index (χ2n) is 6.14. The predicted molar refractivity (Wildman–Crippen MR) is 104 cm³/mol. The zero-order valence-corrected chi connectivity index (χ0v) is 15.6. The van der Waals surface area contributed by atoms with Gasteiger partial charge in [-0.3, -0.25) is 14.8 Å². The minimum Gasteiger partial charge on any atom is -0.392 e. The lowest BCUT2D eigenvalue weighted by molar-refractivity contribution is -0.129. The molecule has 0 atom stereocenters. The van der Waals surface area contributed by atoms with Crippen LogP contribution in [0.15, 0.2) is 42.5 Å². The first-order valence-corrected chi connectivity index (χ1v) is 9.14. The second-order valence-corrected chi connectivity index (χ2v) is 6.57. The summed E-state index contributed by atoms with van der Waals surface area (Å²) in [7, 11) is 0. The summed E-state index contributed by atoms with van der Waals surface area (Å²) in [5, 5.41) is 21.5. The highest BCUT2D eigenvalue weighted by Crippen LogP contribution is 2.26. The lowest BCUT2D eigenvalue weighted by Gasteiger charge is -2.11. The number of aliphatic hydroxyl groups excluding tert-OH is 1. The van der Waals surface area contributed by atoms with Crippen molar-refractivity contribution in [1.29, 1.82) is 0 Å². The third-order valence-corrected chi connectivity index (χ3v) is 4.44. The van der Waals surface area contributed by atoms with Crippen molar-refractivity contribution in [3.8, 4) is 11.1 Å². The van der Waals surface area contributed by atoms with Gasteiger partial charge in [0, 0.05) is 23.6 Å². The Morgan fingerprint density at radius 1 is 1.00 bits per heavy atom. The molecular weight excluding hydrogens is 368 g/mol. The normalized spacial score (nSPS) is 10.5. The summed E-state index contributed by atoms with van der Waals surface area (Å²) in [6.07, 6.45) is 2.41. The quantitative estimate of drug-likeness (QED) is 0.300. The summed E-state index contributed by atoms with van der Waals surface area (Å²) in [6.45, 7) is 0.318. The SMILES string of the molecule is O=C(CCCCCNC(=O)c1ccc(-c2ccc(Cl)cc2)c(CO)c1)NO. The number of hydrogen-bond donors (Lipinski definition) is 4. The fourth-order valence-corrected chi connectivity index (χ4v) is 2.85. The Kier molecular flexibility index (Phi) is 8.26. The van der Waals surface area contributed by atoms with Gasteiger partial charge in [-0.1, -0.05) is 36.2 Å². The molecule has 2 aromatic rings. The molecule has 0 saturated heterocycles. The van der Waals surface area contributed by atoms with Gasteiger partial charge in [-0.2, -0.15) is 0 Å². The second kappa shape index (κ2) is 10.7. The Morgan fingerprint density at radius 2 is 1.74 bits per heavy atom. The molecule has 0 fully saturated rings. The molecule has 0 aliphatic carbocycles. The molecule has 2 rings (SSSR count). The number of aliphatic hydroxyl groups is 1. The molecule has 0 spiro atoms. The number of halogens is 1. The smallest absolute Gasteiger partial charge is 0.251 e. The molecule has 6 nitrogen and oxygen atoms in total. The van der Waals surface area contributed by atoms with Gasteiger partial charge in [0.05, 0.1) is 6.61 Å². The summed E-state index contributed by atoms with van der Waals surface area (Å²) >= 11 is 5.91. The van der Waals surface area contributed by atoms with Crippen molar-refractivity contribution >= 4 is 23.4 Å². The Bertz CT molecular complexity index is 778. The number of hydroxylamine groups is 1. The van der Waals surface area contributed by atoms with Gasteiger partial charge >= 0.3 is 0 Å². The molecule has 0 saturated carbocycles. The van der Waals surface area contributed by atoms with Crippen LogP contribution >= 0.6 is 11.6 Å². The Morgan fingerprint density at radius 3 is 2.41 bits per heavy atom. The van der Waals surface area contributed by atoms with Gasteiger partial charge in [0.1, 0.15) is 0 Å². The van der Waals surface area contributed by atoms with Crippen LogP contribution in [-0.2, 0) is 11.4 Å². The summed E-state index contributed by atoms with van der Waals surface area (Å²) in [5.74, 6) is -0.614. The van der Waals surface area contributed by atoms with Crippen molar-refractivity contribution in [2.45, 2.75) is 32.3 Å². The number of carbonyl (C=O) groups is 2. The van der Waals surface area contributed by atoms with Gasteiger partial charge in [0.15, 0.2) is 0 Å². The molecule has 7 heteroatoms. The van der Waals surface area contributed by atoms with Crippen molar-refractivity contribution in [2.24, 2.45) is 0 Å². The van der Waals surface area contributed by atoms with Crippen LogP contribution in [0.5, 0.6) is 0 Å². The topological polar surface area (TPSA) is 98.7 Å². The van der Waals surface area contributed by atoms with Crippen molar-refractivity contribution < 1.29 is 19.9 Å². The van der Waals surface area contributed by atoms with Gasteiger partial charge in [-0.05, 0) is 53.8 Å². The van der Waals surface area contributed by atoms with E-state index in [1.807, 2.05) is 18.2 Å². The molecule has 2 amide bonds. The van der Waals surface area contributed by atoms with Gasteiger partial charge < -0.3 is 10.4 Å². The van der Waals surface area contributed by atoms with E-state index >= 15 is 0 Å². The first kappa shape index (κ1) is 20.9. The maximum Gasteiger partial charge on any atom is 0.251 e. The summed E-state index contributed by atoms with van der Waals surface area (Å²) < 4.78 is 0. The molecule has 2 aromatic carbocycles. The maximum atomic E-state index is 12.3. The van der Waals surface area contributed by atoms with E-state index in [4.69, 9.17) is 16.8 Å². The van der Waals surface area contributed by atoms with E-state index in [2.05, 4.69) is 5.32 Å². The first-order valence-electron chi connectivity index (χ1n) is 8.76. The minimum atomic E-state index is -0.406. The van der Waals surface area contributed by atoms with Crippen LogP contribution in [0.2, 0.25) is 5.02 Å². The predicted octanol–water partition coefficient (Wildman–Crippen LogP) is 3.29. The molecule has 0 bridgehead atoms. The highest BCUT2D eigenvalue weighted by Gasteiger charge is 2.10. The van der Waals surface area contributed by atoms with Gasteiger partial charge in [-0.25, -0.2) is 5.48 Å². The van der Waals surface area contributed by atoms with Crippen LogP contribution in [0, 0.1) is 0 Å². The van der Waals surface area contributed by atoms with Crippen molar-refractivity contribution in [3.05, 3.63) is 58.6 Å². The third kappa shape index (κ3) is 6.36. The molecule has 144 valence electrons. The van der Waals surface area contributed by atoms with Crippen molar-refractivity contribution in [1.82, 2.24) is 10.8 Å². The first-order chi connectivity index (χ1) is 13.0. The van der Waals surface area contributed by atoms with E-state index in [0.29, 0.717) is 29.1 Å². The van der Waals surface area contributed by atoms with E-state index in [9.17, 15) is 14.7 Å². The number of rotatable bonds is 9. The molecule has 0 radical (unpaired) electrons. The van der Waals surface area contributed by atoms with Gasteiger partial charge in [0.25, 0.3) is 5.91 Å². The molecule has 0 heterocycles. The summed E-state index contributed by atoms with van der Waals surface area (Å²) in [4.78, 5) is 23.2. The van der Waals surface area contributed by atoms with Crippen molar-refractivity contribution in [3.63, 3.8) is 0 Å². The van der Waals surface area contributed by atoms with Crippen LogP contribution < -0.4 is 10.8 Å². The number of unbranched alkanes of at least 4 members (excludes halogenated alkanes) is 2. The van der Waals surface area contributed by atoms with Crippen molar-refractivity contribution in [2.75, 3.05) is 6.54 Å². The standard InChI is InChI=1S/C20H23ClN2O4/c21-17-8-5-14(6-9-17)18-10-7-15(12-16(18)13-24)20(26)22-11-3-1-2-4-19(25)23-27/h5-10,12,24,27H,1-4,11,13H2,(H,22,26)(H,23,25).